The average Bonchev–Trinajstić information content (AvgIpc) is 3.57. The first-order valence-corrected chi connectivity index (χ1v) is 13.7. The SMILES string of the molecule is O=C1OCC(C/C=C/C=CC=CC=C/C=C/C=CC=CC=C/C=C/CC=CCCC=CCCC2COC(=O)O2)O1. The molecule has 2 rings (SSSR count). The summed E-state index contributed by atoms with van der Waals surface area (Å²) >= 11 is 0. The molecule has 0 radical (unpaired) electrons. The first-order chi connectivity index (χ1) is 19.7. The van der Waals surface area contributed by atoms with Crippen molar-refractivity contribution in [3.8, 4) is 0 Å². The summed E-state index contributed by atoms with van der Waals surface area (Å²) in [6.07, 6.45) is 48.2. The van der Waals surface area contributed by atoms with Crippen molar-refractivity contribution in [2.75, 3.05) is 13.2 Å². The van der Waals surface area contributed by atoms with Gasteiger partial charge in [0.2, 0.25) is 0 Å². The Balaban J connectivity index is 1.41. The number of ether oxygens (including phenoxy) is 4. The lowest BCUT2D eigenvalue weighted by Gasteiger charge is -2.01. The molecule has 40 heavy (non-hydrogen) atoms. The molecule has 2 heterocycles. The molecular formula is C34H40O6. The van der Waals surface area contributed by atoms with Gasteiger partial charge >= 0.3 is 12.3 Å². The highest BCUT2D eigenvalue weighted by atomic mass is 16.8. The summed E-state index contributed by atoms with van der Waals surface area (Å²) in [6, 6.07) is 0. The lowest BCUT2D eigenvalue weighted by atomic mass is 10.2. The van der Waals surface area contributed by atoms with Crippen LogP contribution in [0.4, 0.5) is 9.59 Å². The molecule has 212 valence electrons. The van der Waals surface area contributed by atoms with Crippen LogP contribution in [0.25, 0.3) is 0 Å². The summed E-state index contributed by atoms with van der Waals surface area (Å²) in [5.41, 5.74) is 0. The Morgan fingerprint density at radius 3 is 1.40 bits per heavy atom. The summed E-state index contributed by atoms with van der Waals surface area (Å²) in [7, 11) is 0. The molecule has 0 aromatic heterocycles. The van der Waals surface area contributed by atoms with Crippen molar-refractivity contribution in [3.63, 3.8) is 0 Å². The first kappa shape index (κ1) is 31.9. The molecule has 2 aliphatic rings. The minimum absolute atomic E-state index is 0.0891. The second-order valence-corrected chi connectivity index (χ2v) is 8.72. The van der Waals surface area contributed by atoms with E-state index in [-0.39, 0.29) is 12.2 Å². The Morgan fingerprint density at radius 2 is 0.900 bits per heavy atom. The highest BCUT2D eigenvalue weighted by Crippen LogP contribution is 2.12. The van der Waals surface area contributed by atoms with Crippen LogP contribution in [-0.4, -0.2) is 37.7 Å². The smallest absolute Gasteiger partial charge is 0.430 e. The molecule has 6 heteroatoms. The van der Waals surface area contributed by atoms with Crippen molar-refractivity contribution < 1.29 is 28.5 Å². The van der Waals surface area contributed by atoms with Crippen LogP contribution >= 0.6 is 0 Å². The molecule has 2 unspecified atom stereocenters. The van der Waals surface area contributed by atoms with Gasteiger partial charge in [-0.25, -0.2) is 9.59 Å². The van der Waals surface area contributed by atoms with E-state index in [4.69, 9.17) is 18.9 Å². The fraction of sp³-hybridized carbons (Fsp3) is 0.294. The number of hydrogen-bond donors (Lipinski definition) is 0. The monoisotopic (exact) mass is 544 g/mol. The van der Waals surface area contributed by atoms with Crippen LogP contribution in [0.2, 0.25) is 0 Å². The van der Waals surface area contributed by atoms with Crippen LogP contribution < -0.4 is 0 Å². The second-order valence-electron chi connectivity index (χ2n) is 8.72. The van der Waals surface area contributed by atoms with Crippen molar-refractivity contribution in [1.29, 1.82) is 0 Å². The molecule has 2 saturated heterocycles. The van der Waals surface area contributed by atoms with Crippen LogP contribution in [0.3, 0.4) is 0 Å². The summed E-state index contributed by atoms with van der Waals surface area (Å²) in [5.74, 6) is 0. The van der Waals surface area contributed by atoms with Gasteiger partial charge in [-0.2, -0.15) is 0 Å². The van der Waals surface area contributed by atoms with Crippen LogP contribution in [0.1, 0.15) is 38.5 Å². The van der Waals surface area contributed by atoms with Gasteiger partial charge in [-0.3, -0.25) is 0 Å². The Kier molecular flexibility index (Phi) is 18.1. The maximum atomic E-state index is 10.8. The summed E-state index contributed by atoms with van der Waals surface area (Å²) in [4.78, 5) is 21.6. The molecule has 0 amide bonds. The van der Waals surface area contributed by atoms with Crippen LogP contribution in [0.5, 0.6) is 0 Å². The minimum Gasteiger partial charge on any atom is -0.430 e. The molecule has 0 spiro atoms. The molecule has 6 nitrogen and oxygen atoms in total. The van der Waals surface area contributed by atoms with Crippen molar-refractivity contribution in [2.45, 2.75) is 50.7 Å². The Labute approximate surface area is 238 Å². The third-order valence-corrected chi connectivity index (χ3v) is 5.40. The summed E-state index contributed by atoms with van der Waals surface area (Å²) in [6.45, 7) is 0.704. The Hall–Kier alpha value is -4.32. The molecule has 0 bridgehead atoms. The number of hydrogen-bond acceptors (Lipinski definition) is 6. The zero-order valence-corrected chi connectivity index (χ0v) is 23.0. The van der Waals surface area contributed by atoms with E-state index in [0.717, 1.165) is 32.1 Å². The minimum atomic E-state index is -0.584. The zero-order valence-electron chi connectivity index (χ0n) is 23.0. The van der Waals surface area contributed by atoms with E-state index in [1.807, 2.05) is 103 Å². The molecule has 2 atom stereocenters. The van der Waals surface area contributed by atoms with Crippen molar-refractivity contribution >= 4 is 12.3 Å². The van der Waals surface area contributed by atoms with E-state index in [2.05, 4.69) is 30.4 Å². The maximum absolute atomic E-state index is 10.8. The Morgan fingerprint density at radius 1 is 0.475 bits per heavy atom. The number of carbonyl (C=O) groups excluding carboxylic acids is 2. The van der Waals surface area contributed by atoms with Gasteiger partial charge in [-0.05, 0) is 32.1 Å². The van der Waals surface area contributed by atoms with Gasteiger partial charge in [0.1, 0.15) is 25.4 Å². The lowest BCUT2D eigenvalue weighted by molar-refractivity contribution is 0.116. The van der Waals surface area contributed by atoms with Crippen LogP contribution in [0, 0.1) is 0 Å². The molecule has 0 aliphatic carbocycles. The zero-order chi connectivity index (χ0) is 28.4. The first-order valence-electron chi connectivity index (χ1n) is 13.7. The number of unbranched alkanes of at least 4 members (excludes halogenated alkanes) is 1. The summed E-state index contributed by atoms with van der Waals surface area (Å²) < 4.78 is 19.4. The van der Waals surface area contributed by atoms with Gasteiger partial charge in [0.15, 0.2) is 0 Å². The predicted molar refractivity (Wildman–Crippen MR) is 161 cm³/mol. The molecule has 2 fully saturated rings. The lowest BCUT2D eigenvalue weighted by Crippen LogP contribution is -2.08. The normalized spacial score (nSPS) is 20.7. The van der Waals surface area contributed by atoms with E-state index >= 15 is 0 Å². The van der Waals surface area contributed by atoms with E-state index in [0.29, 0.717) is 19.6 Å². The molecule has 0 aromatic carbocycles. The highest BCUT2D eigenvalue weighted by Gasteiger charge is 2.24. The van der Waals surface area contributed by atoms with Crippen molar-refractivity contribution in [2.24, 2.45) is 0 Å². The second kappa shape index (κ2) is 22.6. The number of cyclic esters (lactones) is 4. The molecule has 0 aromatic rings. The maximum Gasteiger partial charge on any atom is 0.508 e. The topological polar surface area (TPSA) is 71.1 Å². The standard InChI is InChI=1S/C34H40O6/c35-33-37-29-31(39-33)27-25-23-21-19-17-15-13-11-9-7-5-3-1-2-4-6-8-10-12-14-16-18-20-22-24-26-28-32-30-38-34(36)40-32/h1-11,13-17,19,21-25,31-32H,12,18,20,26-30H2/b2-1?,5-3?,6-4?,9-7+,10-8+,13-11?,16-14?,17-15?,21-19?,24-22?,25-23+. The van der Waals surface area contributed by atoms with E-state index < -0.39 is 12.3 Å². The predicted octanol–water partition coefficient (Wildman–Crippen LogP) is 8.52. The molecular weight excluding hydrogens is 504 g/mol. The van der Waals surface area contributed by atoms with E-state index in [9.17, 15) is 9.59 Å². The van der Waals surface area contributed by atoms with Gasteiger partial charge in [0.25, 0.3) is 0 Å². The number of allylic oxidation sites excluding steroid dienone is 21. The largest absolute Gasteiger partial charge is 0.508 e. The quantitative estimate of drug-likeness (QED) is 0.0745. The van der Waals surface area contributed by atoms with E-state index in [1.165, 1.54) is 0 Å². The van der Waals surface area contributed by atoms with Crippen LogP contribution in [0.15, 0.2) is 134 Å². The Bertz CT molecular complexity index is 1060. The van der Waals surface area contributed by atoms with E-state index in [1.54, 1.807) is 0 Å². The summed E-state index contributed by atoms with van der Waals surface area (Å²) in [5, 5.41) is 0. The molecule has 0 saturated carbocycles. The van der Waals surface area contributed by atoms with Crippen molar-refractivity contribution in [1.82, 2.24) is 0 Å². The van der Waals surface area contributed by atoms with Gasteiger partial charge in [0.05, 0.1) is 0 Å². The number of rotatable bonds is 18. The van der Waals surface area contributed by atoms with Crippen LogP contribution in [-0.2, 0) is 18.9 Å². The highest BCUT2D eigenvalue weighted by molar-refractivity contribution is 5.62. The molecule has 0 N–H and O–H groups in total. The fourth-order valence-corrected chi connectivity index (χ4v) is 3.36. The van der Waals surface area contributed by atoms with Crippen molar-refractivity contribution in [3.05, 3.63) is 134 Å². The molecule has 2 aliphatic heterocycles. The third kappa shape index (κ3) is 18.0. The van der Waals surface area contributed by atoms with Gasteiger partial charge < -0.3 is 18.9 Å². The number of carbonyl (C=O) groups is 2. The third-order valence-electron chi connectivity index (χ3n) is 5.40. The van der Waals surface area contributed by atoms with Gasteiger partial charge in [-0.1, -0.05) is 134 Å². The fourth-order valence-electron chi connectivity index (χ4n) is 3.36. The van der Waals surface area contributed by atoms with Gasteiger partial charge in [-0.15, -0.1) is 0 Å². The average molecular weight is 545 g/mol. The van der Waals surface area contributed by atoms with Gasteiger partial charge in [0, 0.05) is 6.42 Å².